The van der Waals surface area contributed by atoms with Crippen LogP contribution in [-0.4, -0.2) is 23.3 Å². The predicted octanol–water partition coefficient (Wildman–Crippen LogP) is 2.43. The second-order valence-electron chi connectivity index (χ2n) is 6.54. The van der Waals surface area contributed by atoms with Crippen LogP contribution in [0.3, 0.4) is 0 Å². The summed E-state index contributed by atoms with van der Waals surface area (Å²) < 4.78 is 12.6. The molecule has 4 rings (SSSR count). The lowest BCUT2D eigenvalue weighted by molar-refractivity contribution is 0.0202. The third kappa shape index (κ3) is 2.11. The molecular weight excluding hydrogens is 233 g/mol. The smallest absolute Gasteiger partial charge is 0.204 e. The van der Waals surface area contributed by atoms with Crippen LogP contribution in [0, 0.1) is 23.7 Å². The van der Waals surface area contributed by atoms with Crippen LogP contribution < -0.4 is 5.73 Å². The molecule has 0 heterocycles. The van der Waals surface area contributed by atoms with E-state index in [0.29, 0.717) is 31.0 Å². The molecule has 0 saturated heterocycles. The third-order valence-electron chi connectivity index (χ3n) is 5.33. The molecule has 98 valence electrons. The molecule has 1 unspecified atom stereocenters. The van der Waals surface area contributed by atoms with Crippen LogP contribution in [-0.2, 0) is 4.57 Å². The van der Waals surface area contributed by atoms with E-state index in [4.69, 9.17) is 5.73 Å². The summed E-state index contributed by atoms with van der Waals surface area (Å²) in [7, 11) is -2.95. The van der Waals surface area contributed by atoms with Gasteiger partial charge in [0.05, 0.1) is 0 Å². The number of nitrogens with two attached hydrogens (primary N) is 1. The molecular formula is C13H24NO2P. The quantitative estimate of drug-likeness (QED) is 0.760. The highest BCUT2D eigenvalue weighted by atomic mass is 31.2. The van der Waals surface area contributed by atoms with Crippen molar-refractivity contribution in [2.24, 2.45) is 29.4 Å². The van der Waals surface area contributed by atoms with Gasteiger partial charge in [-0.15, -0.1) is 0 Å². The van der Waals surface area contributed by atoms with Gasteiger partial charge in [-0.1, -0.05) is 0 Å². The first-order valence-electron chi connectivity index (χ1n) is 7.11. The van der Waals surface area contributed by atoms with Crippen molar-refractivity contribution in [3.05, 3.63) is 0 Å². The predicted molar refractivity (Wildman–Crippen MR) is 69.2 cm³/mol. The fourth-order valence-electron chi connectivity index (χ4n) is 5.02. The van der Waals surface area contributed by atoms with Crippen LogP contribution in [0.1, 0.15) is 38.5 Å². The Hall–Kier alpha value is 0.150. The summed E-state index contributed by atoms with van der Waals surface area (Å²) >= 11 is 0. The van der Waals surface area contributed by atoms with Gasteiger partial charge in [0, 0.05) is 11.8 Å². The Kier molecular flexibility index (Phi) is 3.13. The van der Waals surface area contributed by atoms with Crippen LogP contribution in [0.5, 0.6) is 0 Å². The van der Waals surface area contributed by atoms with E-state index in [1.54, 1.807) is 0 Å². The molecule has 0 aromatic heterocycles. The minimum Gasteiger partial charge on any atom is -0.344 e. The van der Waals surface area contributed by atoms with Crippen molar-refractivity contribution < 1.29 is 9.46 Å². The molecule has 0 spiro atoms. The molecule has 3 N–H and O–H groups in total. The van der Waals surface area contributed by atoms with Crippen LogP contribution in [0.4, 0.5) is 0 Å². The highest BCUT2D eigenvalue weighted by Crippen LogP contribution is 2.65. The van der Waals surface area contributed by atoms with Crippen molar-refractivity contribution in [3.63, 3.8) is 0 Å². The van der Waals surface area contributed by atoms with E-state index < -0.39 is 7.37 Å². The Morgan fingerprint density at radius 3 is 2.06 bits per heavy atom. The zero-order valence-corrected chi connectivity index (χ0v) is 11.3. The molecule has 0 amide bonds. The highest BCUT2D eigenvalue weighted by molar-refractivity contribution is 7.58. The summed E-state index contributed by atoms with van der Waals surface area (Å²) in [4.78, 5) is 10.4. The maximum absolute atomic E-state index is 12.6. The van der Waals surface area contributed by atoms with Crippen molar-refractivity contribution in [1.29, 1.82) is 0 Å². The van der Waals surface area contributed by atoms with Crippen LogP contribution in [0.15, 0.2) is 0 Å². The van der Waals surface area contributed by atoms with Crippen LogP contribution in [0.25, 0.3) is 0 Å². The monoisotopic (exact) mass is 257 g/mol. The minimum atomic E-state index is -2.95. The number of rotatable bonds is 4. The van der Waals surface area contributed by atoms with Gasteiger partial charge < -0.3 is 10.6 Å². The summed E-state index contributed by atoms with van der Waals surface area (Å²) in [6, 6.07) is 0. The Balaban J connectivity index is 1.77. The number of hydrogen-bond donors (Lipinski definition) is 2. The van der Waals surface area contributed by atoms with E-state index in [0.717, 1.165) is 11.8 Å². The Morgan fingerprint density at radius 1 is 1.06 bits per heavy atom. The van der Waals surface area contributed by atoms with Gasteiger partial charge in [-0.2, -0.15) is 0 Å². The first kappa shape index (κ1) is 12.2. The SMILES string of the molecule is NCCCP(=O)(O)C1C2CC3CC(C2)CC1C3. The molecule has 4 heteroatoms. The molecule has 0 aromatic rings. The summed E-state index contributed by atoms with van der Waals surface area (Å²) in [6.45, 7) is 0.540. The zero-order valence-electron chi connectivity index (χ0n) is 10.4. The van der Waals surface area contributed by atoms with Crippen molar-refractivity contribution in [2.45, 2.75) is 44.2 Å². The highest BCUT2D eigenvalue weighted by Gasteiger charge is 2.53. The lowest BCUT2D eigenvalue weighted by atomic mass is 9.56. The fraction of sp³-hybridized carbons (Fsp3) is 1.00. The molecule has 0 aromatic carbocycles. The van der Waals surface area contributed by atoms with E-state index in [2.05, 4.69) is 0 Å². The van der Waals surface area contributed by atoms with E-state index in [1.165, 1.54) is 32.1 Å². The molecule has 0 radical (unpaired) electrons. The Labute approximate surface area is 104 Å². The maximum Gasteiger partial charge on any atom is 0.204 e. The molecule has 4 aliphatic rings. The number of hydrogen-bond acceptors (Lipinski definition) is 2. The summed E-state index contributed by atoms with van der Waals surface area (Å²) in [5.74, 6) is 2.87. The lowest BCUT2D eigenvalue weighted by Crippen LogP contribution is -2.48. The summed E-state index contributed by atoms with van der Waals surface area (Å²) in [6.07, 6.45) is 7.47. The molecule has 4 bridgehead atoms. The Bertz CT molecular complexity index is 316. The van der Waals surface area contributed by atoms with E-state index in [-0.39, 0.29) is 5.66 Å². The zero-order chi connectivity index (χ0) is 12.0. The normalized spacial score (nSPS) is 47.1. The molecule has 4 aliphatic carbocycles. The van der Waals surface area contributed by atoms with Crippen molar-refractivity contribution >= 4 is 7.37 Å². The van der Waals surface area contributed by atoms with Gasteiger partial charge in [-0.05, 0) is 68.7 Å². The fourth-order valence-corrected chi connectivity index (χ4v) is 7.76. The second-order valence-corrected chi connectivity index (χ2v) is 9.10. The lowest BCUT2D eigenvalue weighted by Gasteiger charge is -2.55. The van der Waals surface area contributed by atoms with E-state index >= 15 is 0 Å². The first-order valence-corrected chi connectivity index (χ1v) is 9.03. The third-order valence-corrected chi connectivity index (χ3v) is 8.06. The van der Waals surface area contributed by atoms with E-state index in [1.807, 2.05) is 0 Å². The van der Waals surface area contributed by atoms with E-state index in [9.17, 15) is 9.46 Å². The molecule has 4 fully saturated rings. The standard InChI is InChI=1S/C13H24NO2P/c14-2-1-3-17(15,16)13-11-5-9-4-10(7-11)8-12(13)6-9/h9-13H,1-8,14H2,(H,15,16). The minimum absolute atomic E-state index is 0.127. The molecule has 3 nitrogen and oxygen atoms in total. The average Bonchev–Trinajstić information content (AvgIpc) is 2.24. The first-order chi connectivity index (χ1) is 8.10. The summed E-state index contributed by atoms with van der Waals surface area (Å²) in [5.41, 5.74) is 5.60. The topological polar surface area (TPSA) is 63.3 Å². The van der Waals surface area contributed by atoms with Crippen LogP contribution in [0.2, 0.25) is 0 Å². The average molecular weight is 257 g/mol. The van der Waals surface area contributed by atoms with Gasteiger partial charge in [0.1, 0.15) is 0 Å². The van der Waals surface area contributed by atoms with Crippen LogP contribution >= 0.6 is 7.37 Å². The van der Waals surface area contributed by atoms with Gasteiger partial charge in [-0.25, -0.2) is 0 Å². The largest absolute Gasteiger partial charge is 0.344 e. The maximum atomic E-state index is 12.6. The molecule has 1 atom stereocenters. The van der Waals surface area contributed by atoms with Gasteiger partial charge >= 0.3 is 0 Å². The van der Waals surface area contributed by atoms with Crippen molar-refractivity contribution in [1.82, 2.24) is 0 Å². The Morgan fingerprint density at radius 2 is 1.59 bits per heavy atom. The summed E-state index contributed by atoms with van der Waals surface area (Å²) in [5, 5.41) is 0. The van der Waals surface area contributed by atoms with Gasteiger partial charge in [-0.3, -0.25) is 4.57 Å². The molecule has 0 aliphatic heterocycles. The van der Waals surface area contributed by atoms with Gasteiger partial charge in [0.2, 0.25) is 7.37 Å². The van der Waals surface area contributed by atoms with Crippen molar-refractivity contribution in [2.75, 3.05) is 12.7 Å². The van der Waals surface area contributed by atoms with Gasteiger partial charge in [0.15, 0.2) is 0 Å². The van der Waals surface area contributed by atoms with Gasteiger partial charge in [0.25, 0.3) is 0 Å². The second kappa shape index (κ2) is 4.36. The van der Waals surface area contributed by atoms with Crippen molar-refractivity contribution in [3.8, 4) is 0 Å². The molecule has 4 saturated carbocycles. The molecule has 17 heavy (non-hydrogen) atoms.